The van der Waals surface area contributed by atoms with Crippen molar-refractivity contribution in [2.45, 2.75) is 59.4 Å². The van der Waals surface area contributed by atoms with E-state index >= 15 is 0 Å². The van der Waals surface area contributed by atoms with Crippen molar-refractivity contribution in [1.82, 2.24) is 0 Å². The maximum atomic E-state index is 12.1. The normalized spacial score (nSPS) is 16.1. The van der Waals surface area contributed by atoms with Crippen LogP contribution in [0.3, 0.4) is 0 Å². The molecule has 0 aliphatic rings. The number of aliphatic hydroxyl groups excluding tert-OH is 2. The molecule has 0 amide bonds. The molecule has 158 valence electrons. The predicted molar refractivity (Wildman–Crippen MR) is 111 cm³/mol. The summed E-state index contributed by atoms with van der Waals surface area (Å²) in [4.78, 5) is 12.1. The number of hydrogen-bond donors (Lipinski definition) is 2. The molecule has 0 spiro atoms. The Hall–Kier alpha value is -1.69. The van der Waals surface area contributed by atoms with Crippen LogP contribution >= 0.6 is 0 Å². The smallest absolute Gasteiger partial charge is 0.311 e. The third-order valence-corrected chi connectivity index (χ3v) is 4.81. The quantitative estimate of drug-likeness (QED) is 0.419. The van der Waals surface area contributed by atoms with Gasteiger partial charge in [0, 0.05) is 11.8 Å². The molecular formula is C23H36O5. The van der Waals surface area contributed by atoms with Gasteiger partial charge in [0.15, 0.2) is 0 Å². The highest BCUT2D eigenvalue weighted by Gasteiger charge is 2.31. The lowest BCUT2D eigenvalue weighted by Gasteiger charge is -2.31. The maximum absolute atomic E-state index is 12.1. The molecule has 1 aromatic rings. The molecule has 0 aliphatic carbocycles. The van der Waals surface area contributed by atoms with Crippen molar-refractivity contribution in [3.63, 3.8) is 0 Å². The van der Waals surface area contributed by atoms with Gasteiger partial charge >= 0.3 is 5.97 Å². The van der Waals surface area contributed by atoms with Crippen molar-refractivity contribution >= 4 is 5.97 Å². The fourth-order valence-electron chi connectivity index (χ4n) is 2.76. The molecule has 0 saturated carbocycles. The number of rotatable bonds is 12. The number of carbonyl (C=O) groups is 1. The predicted octanol–water partition coefficient (Wildman–Crippen LogP) is 3.73. The Kier molecular flexibility index (Phi) is 10.4. The third kappa shape index (κ3) is 8.55. The van der Waals surface area contributed by atoms with E-state index in [9.17, 15) is 15.0 Å². The van der Waals surface area contributed by atoms with Crippen molar-refractivity contribution in [3.05, 3.63) is 48.6 Å². The summed E-state index contributed by atoms with van der Waals surface area (Å²) in [5.74, 6) is -0.996. The van der Waals surface area contributed by atoms with Gasteiger partial charge in [-0.15, -0.1) is 6.58 Å². The van der Waals surface area contributed by atoms with Crippen LogP contribution in [0, 0.1) is 17.3 Å². The van der Waals surface area contributed by atoms with E-state index in [0.717, 1.165) is 5.56 Å². The Morgan fingerprint density at radius 2 is 1.82 bits per heavy atom. The lowest BCUT2D eigenvalue weighted by molar-refractivity contribution is -0.156. The number of ether oxygens (including phenoxy) is 2. The van der Waals surface area contributed by atoms with Crippen LogP contribution in [0.1, 0.15) is 46.1 Å². The van der Waals surface area contributed by atoms with Crippen LogP contribution < -0.4 is 0 Å². The molecule has 1 rings (SSSR count). The van der Waals surface area contributed by atoms with Gasteiger partial charge in [-0.3, -0.25) is 4.79 Å². The zero-order valence-corrected chi connectivity index (χ0v) is 17.6. The molecule has 0 unspecified atom stereocenters. The average molecular weight is 393 g/mol. The molecule has 28 heavy (non-hydrogen) atoms. The molecule has 5 nitrogen and oxygen atoms in total. The van der Waals surface area contributed by atoms with Gasteiger partial charge in [-0.05, 0) is 39.2 Å². The zero-order valence-electron chi connectivity index (χ0n) is 17.6. The lowest BCUT2D eigenvalue weighted by atomic mass is 9.86. The Labute approximate surface area is 169 Å². The molecule has 0 fully saturated rings. The summed E-state index contributed by atoms with van der Waals surface area (Å²) < 4.78 is 11.0. The van der Waals surface area contributed by atoms with Crippen molar-refractivity contribution < 1.29 is 24.5 Å². The van der Waals surface area contributed by atoms with Crippen LogP contribution in [-0.2, 0) is 20.9 Å². The molecule has 4 atom stereocenters. The maximum Gasteiger partial charge on any atom is 0.311 e. The molecule has 0 radical (unpaired) electrons. The van der Waals surface area contributed by atoms with Gasteiger partial charge < -0.3 is 19.7 Å². The Balaban J connectivity index is 2.57. The number of allylic oxidation sites excluding steroid dienone is 1. The fourth-order valence-corrected chi connectivity index (χ4v) is 2.76. The SMILES string of the molecule is C=CCC[C@@H](COC(=O)C(C)(C)C)[C@H](O)[C@@H](C)[C@@H](O)COCc1ccccc1. The number of hydrogen-bond acceptors (Lipinski definition) is 5. The van der Waals surface area contributed by atoms with E-state index in [4.69, 9.17) is 9.47 Å². The highest BCUT2D eigenvalue weighted by molar-refractivity contribution is 5.75. The van der Waals surface area contributed by atoms with Gasteiger partial charge in [0.25, 0.3) is 0 Å². The number of benzene rings is 1. The first kappa shape index (κ1) is 24.3. The van der Waals surface area contributed by atoms with E-state index in [1.165, 1.54) is 0 Å². The van der Waals surface area contributed by atoms with Crippen LogP contribution in [0.25, 0.3) is 0 Å². The molecule has 2 N–H and O–H groups in total. The zero-order chi connectivity index (χ0) is 21.2. The van der Waals surface area contributed by atoms with E-state index in [1.807, 2.05) is 30.3 Å². The number of carbonyl (C=O) groups excluding carboxylic acids is 1. The Morgan fingerprint density at radius 3 is 2.39 bits per heavy atom. The second-order valence-corrected chi connectivity index (χ2v) is 8.39. The molecule has 0 aromatic heterocycles. The van der Waals surface area contributed by atoms with Gasteiger partial charge in [0.05, 0.1) is 37.4 Å². The van der Waals surface area contributed by atoms with Gasteiger partial charge in [-0.2, -0.15) is 0 Å². The molecule has 0 aliphatic heterocycles. The van der Waals surface area contributed by atoms with Crippen molar-refractivity contribution in [1.29, 1.82) is 0 Å². The molecule has 0 bridgehead atoms. The summed E-state index contributed by atoms with van der Waals surface area (Å²) in [6.07, 6.45) is 1.47. The van der Waals surface area contributed by atoms with Crippen molar-refractivity contribution in [2.75, 3.05) is 13.2 Å². The summed E-state index contributed by atoms with van der Waals surface area (Å²) in [6, 6.07) is 9.72. The molecule has 1 aromatic carbocycles. The van der Waals surface area contributed by atoms with Crippen LogP contribution in [0.4, 0.5) is 0 Å². The van der Waals surface area contributed by atoms with Crippen molar-refractivity contribution in [2.24, 2.45) is 17.3 Å². The van der Waals surface area contributed by atoms with Gasteiger partial charge in [0.1, 0.15) is 0 Å². The standard InChI is InChI=1S/C23H36O5/c1-6-7-13-19(15-28-22(26)23(3,4)5)21(25)17(2)20(24)16-27-14-18-11-9-8-10-12-18/h6,8-12,17,19-21,24-25H,1,7,13-16H2,2-5H3/t17-,19-,20-,21+/m0/s1. The minimum absolute atomic E-state index is 0.118. The average Bonchev–Trinajstić information content (AvgIpc) is 2.66. The second-order valence-electron chi connectivity index (χ2n) is 8.39. The first-order chi connectivity index (χ1) is 13.2. The van der Waals surface area contributed by atoms with Gasteiger partial charge in [-0.25, -0.2) is 0 Å². The van der Waals surface area contributed by atoms with Crippen molar-refractivity contribution in [3.8, 4) is 0 Å². The van der Waals surface area contributed by atoms with Crippen LogP contribution in [0.15, 0.2) is 43.0 Å². The largest absolute Gasteiger partial charge is 0.465 e. The second kappa shape index (κ2) is 12.0. The highest BCUT2D eigenvalue weighted by Crippen LogP contribution is 2.24. The molecular weight excluding hydrogens is 356 g/mol. The summed E-state index contributed by atoms with van der Waals surface area (Å²) in [6.45, 7) is 11.5. The van der Waals surface area contributed by atoms with Crippen LogP contribution in [0.5, 0.6) is 0 Å². The van der Waals surface area contributed by atoms with E-state index < -0.39 is 23.5 Å². The number of esters is 1. The lowest BCUT2D eigenvalue weighted by Crippen LogP contribution is -2.40. The monoisotopic (exact) mass is 392 g/mol. The molecule has 5 heteroatoms. The third-order valence-electron chi connectivity index (χ3n) is 4.81. The van der Waals surface area contributed by atoms with Crippen LogP contribution in [-0.4, -0.2) is 41.6 Å². The minimum Gasteiger partial charge on any atom is -0.465 e. The molecule has 0 saturated heterocycles. The topological polar surface area (TPSA) is 76.0 Å². The number of aliphatic hydroxyl groups is 2. The van der Waals surface area contributed by atoms with Crippen LogP contribution in [0.2, 0.25) is 0 Å². The Morgan fingerprint density at radius 1 is 1.18 bits per heavy atom. The first-order valence-electron chi connectivity index (χ1n) is 9.92. The summed E-state index contributed by atoms with van der Waals surface area (Å²) >= 11 is 0. The summed E-state index contributed by atoms with van der Waals surface area (Å²) in [5.41, 5.74) is 0.436. The summed E-state index contributed by atoms with van der Waals surface area (Å²) in [7, 11) is 0. The van der Waals surface area contributed by atoms with E-state index in [-0.39, 0.29) is 25.1 Å². The van der Waals surface area contributed by atoms with E-state index in [1.54, 1.807) is 33.8 Å². The summed E-state index contributed by atoms with van der Waals surface area (Å²) in [5, 5.41) is 21.2. The highest BCUT2D eigenvalue weighted by atomic mass is 16.5. The van der Waals surface area contributed by atoms with Gasteiger partial charge in [-0.1, -0.05) is 43.3 Å². The minimum atomic E-state index is -0.817. The van der Waals surface area contributed by atoms with E-state index in [0.29, 0.717) is 19.4 Å². The van der Waals surface area contributed by atoms with Gasteiger partial charge in [0.2, 0.25) is 0 Å². The van der Waals surface area contributed by atoms with E-state index in [2.05, 4.69) is 6.58 Å². The Bertz CT molecular complexity index is 578. The molecule has 0 heterocycles. The first-order valence-corrected chi connectivity index (χ1v) is 9.92. The fraction of sp³-hybridized carbons (Fsp3) is 0.609.